The van der Waals surface area contributed by atoms with Crippen molar-refractivity contribution in [2.45, 2.75) is 13.0 Å². The molecule has 0 unspecified atom stereocenters. The second kappa shape index (κ2) is 11.7. The number of hydrogen-bond donors (Lipinski definition) is 1. The van der Waals surface area contributed by atoms with Crippen LogP contribution in [-0.4, -0.2) is 52.3 Å². The molecule has 0 radical (unpaired) electrons. The first-order valence-electron chi connectivity index (χ1n) is 9.69. The van der Waals surface area contributed by atoms with Crippen LogP contribution in [0.3, 0.4) is 0 Å². The van der Waals surface area contributed by atoms with Gasteiger partial charge in [-0.25, -0.2) is 0 Å². The number of nitrogens with zero attached hydrogens (tertiary/aromatic N) is 2. The summed E-state index contributed by atoms with van der Waals surface area (Å²) in [6, 6.07) is 14.4. The Kier molecular flexibility index (Phi) is 9.29. The molecule has 0 atom stereocenters. The lowest BCUT2D eigenvalue weighted by Crippen LogP contribution is -2.43. The fourth-order valence-corrected chi connectivity index (χ4v) is 3.53. The highest BCUT2D eigenvalue weighted by Gasteiger charge is 2.17. The van der Waals surface area contributed by atoms with Crippen LogP contribution in [0, 0.1) is 0 Å². The van der Waals surface area contributed by atoms with Gasteiger partial charge in [0.2, 0.25) is 5.75 Å². The second-order valence-electron chi connectivity index (χ2n) is 6.73. The average Bonchev–Trinajstić information content (AvgIpc) is 2.79. The van der Waals surface area contributed by atoms with Crippen LogP contribution in [0.25, 0.3) is 5.57 Å². The molecule has 0 aromatic heterocycles. The summed E-state index contributed by atoms with van der Waals surface area (Å²) < 4.78 is 16.3. The van der Waals surface area contributed by atoms with Crippen LogP contribution in [0.15, 0.2) is 53.5 Å². The highest BCUT2D eigenvalue weighted by atomic mass is 127. The average molecular weight is 523 g/mol. The van der Waals surface area contributed by atoms with E-state index in [1.807, 2.05) is 25.2 Å². The van der Waals surface area contributed by atoms with Crippen LogP contribution in [0.2, 0.25) is 0 Å². The van der Waals surface area contributed by atoms with Gasteiger partial charge in [-0.05, 0) is 35.3 Å². The van der Waals surface area contributed by atoms with E-state index in [4.69, 9.17) is 14.2 Å². The van der Waals surface area contributed by atoms with Crippen LogP contribution >= 0.6 is 24.0 Å². The number of guanidine groups is 1. The minimum Gasteiger partial charge on any atom is -0.493 e. The number of methoxy groups -OCH3 is 3. The van der Waals surface area contributed by atoms with Gasteiger partial charge in [-0.1, -0.05) is 36.4 Å². The zero-order chi connectivity index (χ0) is 20.6. The van der Waals surface area contributed by atoms with E-state index < -0.39 is 0 Å². The van der Waals surface area contributed by atoms with E-state index in [0.29, 0.717) is 23.8 Å². The quantitative estimate of drug-likeness (QED) is 0.350. The van der Waals surface area contributed by atoms with Gasteiger partial charge < -0.3 is 24.4 Å². The van der Waals surface area contributed by atoms with Gasteiger partial charge in [0.1, 0.15) is 0 Å². The Hall–Kier alpha value is -2.42. The molecule has 3 rings (SSSR count). The smallest absolute Gasteiger partial charge is 0.203 e. The van der Waals surface area contributed by atoms with E-state index in [0.717, 1.165) is 31.0 Å². The lowest BCUT2D eigenvalue weighted by Gasteiger charge is -2.30. The number of ether oxygens (including phenoxy) is 3. The molecule has 0 bridgehead atoms. The summed E-state index contributed by atoms with van der Waals surface area (Å²) >= 11 is 0. The fraction of sp³-hybridized carbons (Fsp3) is 0.348. The predicted octanol–water partition coefficient (Wildman–Crippen LogP) is 4.20. The number of rotatable bonds is 6. The van der Waals surface area contributed by atoms with Crippen LogP contribution in [0.1, 0.15) is 17.5 Å². The summed E-state index contributed by atoms with van der Waals surface area (Å²) in [4.78, 5) is 6.71. The molecule has 7 heteroatoms. The molecule has 2 aromatic carbocycles. The molecule has 0 amide bonds. The summed E-state index contributed by atoms with van der Waals surface area (Å²) in [6.45, 7) is 2.37. The molecule has 0 fully saturated rings. The maximum Gasteiger partial charge on any atom is 0.203 e. The van der Waals surface area contributed by atoms with E-state index in [2.05, 4.69) is 45.6 Å². The third-order valence-corrected chi connectivity index (χ3v) is 5.04. The normalized spacial score (nSPS) is 13.8. The largest absolute Gasteiger partial charge is 0.493 e. The summed E-state index contributed by atoms with van der Waals surface area (Å²) in [5.74, 6) is 2.76. The minimum atomic E-state index is 0. The lowest BCUT2D eigenvalue weighted by atomic mass is 10.00. The Labute approximate surface area is 195 Å². The third kappa shape index (κ3) is 5.59. The maximum atomic E-state index is 5.44. The zero-order valence-corrected chi connectivity index (χ0v) is 20.3. The van der Waals surface area contributed by atoms with Crippen molar-refractivity contribution >= 4 is 35.5 Å². The topological polar surface area (TPSA) is 55.3 Å². The maximum absolute atomic E-state index is 5.44. The van der Waals surface area contributed by atoms with Gasteiger partial charge in [0.15, 0.2) is 17.5 Å². The van der Waals surface area contributed by atoms with Gasteiger partial charge in [0, 0.05) is 26.7 Å². The Balaban J connectivity index is 0.00000320. The van der Waals surface area contributed by atoms with E-state index in [1.54, 1.807) is 21.3 Å². The van der Waals surface area contributed by atoms with Crippen molar-refractivity contribution in [2.75, 3.05) is 41.5 Å². The highest BCUT2D eigenvalue weighted by Crippen LogP contribution is 2.38. The Morgan fingerprint density at radius 2 is 1.70 bits per heavy atom. The lowest BCUT2D eigenvalue weighted by molar-refractivity contribution is 0.323. The zero-order valence-electron chi connectivity index (χ0n) is 18.0. The van der Waals surface area contributed by atoms with Crippen LogP contribution < -0.4 is 19.5 Å². The molecular weight excluding hydrogens is 493 g/mol. The van der Waals surface area contributed by atoms with Crippen molar-refractivity contribution in [3.8, 4) is 17.2 Å². The first kappa shape index (κ1) is 23.9. The van der Waals surface area contributed by atoms with Gasteiger partial charge in [0.25, 0.3) is 0 Å². The summed E-state index contributed by atoms with van der Waals surface area (Å²) in [5, 5.41) is 3.44. The third-order valence-electron chi connectivity index (χ3n) is 5.04. The van der Waals surface area contributed by atoms with Crippen molar-refractivity contribution in [1.82, 2.24) is 10.2 Å². The molecule has 0 spiro atoms. The molecule has 30 heavy (non-hydrogen) atoms. The predicted molar refractivity (Wildman–Crippen MR) is 132 cm³/mol. The van der Waals surface area contributed by atoms with Crippen LogP contribution in [0.4, 0.5) is 0 Å². The fourth-order valence-electron chi connectivity index (χ4n) is 3.53. The van der Waals surface area contributed by atoms with Crippen molar-refractivity contribution in [3.05, 3.63) is 59.7 Å². The Morgan fingerprint density at radius 3 is 2.20 bits per heavy atom. The van der Waals surface area contributed by atoms with Crippen molar-refractivity contribution in [3.63, 3.8) is 0 Å². The molecule has 1 N–H and O–H groups in total. The highest BCUT2D eigenvalue weighted by molar-refractivity contribution is 14.0. The molecule has 1 heterocycles. The van der Waals surface area contributed by atoms with Crippen molar-refractivity contribution in [2.24, 2.45) is 4.99 Å². The van der Waals surface area contributed by atoms with Crippen LogP contribution in [-0.2, 0) is 6.54 Å². The molecule has 6 nitrogen and oxygen atoms in total. The van der Waals surface area contributed by atoms with Crippen LogP contribution in [0.5, 0.6) is 17.2 Å². The second-order valence-corrected chi connectivity index (χ2v) is 6.73. The molecule has 0 aliphatic carbocycles. The molecule has 2 aromatic rings. The molecule has 0 saturated heterocycles. The first-order chi connectivity index (χ1) is 14.2. The number of benzene rings is 2. The minimum absolute atomic E-state index is 0. The van der Waals surface area contributed by atoms with E-state index in [-0.39, 0.29) is 24.0 Å². The van der Waals surface area contributed by atoms with E-state index >= 15 is 0 Å². The van der Waals surface area contributed by atoms with Gasteiger partial charge >= 0.3 is 0 Å². The SMILES string of the molecule is CN=C(NCc1cc(OC)c(OC)c(OC)c1)N1CC=C(c2ccccc2)CC1.I. The van der Waals surface area contributed by atoms with Crippen molar-refractivity contribution in [1.29, 1.82) is 0 Å². The number of nitrogens with one attached hydrogen (secondary N) is 1. The molecular formula is C23H30IN3O3. The van der Waals surface area contributed by atoms with E-state index in [9.17, 15) is 0 Å². The standard InChI is InChI=1S/C23H29N3O3.HI/c1-24-23(26-12-10-19(11-13-26)18-8-6-5-7-9-18)25-16-17-14-20(27-2)22(29-4)21(15-17)28-3;/h5-10,14-15H,11-13,16H2,1-4H3,(H,24,25);1H. The summed E-state index contributed by atoms with van der Waals surface area (Å²) in [7, 11) is 6.66. The van der Waals surface area contributed by atoms with Gasteiger partial charge in [-0.2, -0.15) is 0 Å². The first-order valence-corrected chi connectivity index (χ1v) is 9.69. The van der Waals surface area contributed by atoms with Gasteiger partial charge in [0.05, 0.1) is 21.3 Å². The van der Waals surface area contributed by atoms with E-state index in [1.165, 1.54) is 11.1 Å². The number of aliphatic imine (C=N–C) groups is 1. The molecule has 162 valence electrons. The molecule has 0 saturated carbocycles. The molecule has 1 aliphatic rings. The van der Waals surface area contributed by atoms with Crippen molar-refractivity contribution < 1.29 is 14.2 Å². The Morgan fingerprint density at radius 1 is 1.03 bits per heavy atom. The van der Waals surface area contributed by atoms with Gasteiger partial charge in [-0.3, -0.25) is 4.99 Å². The molecule has 1 aliphatic heterocycles. The Bertz CT molecular complexity index is 860. The van der Waals surface area contributed by atoms with Gasteiger partial charge in [-0.15, -0.1) is 24.0 Å². The monoisotopic (exact) mass is 523 g/mol. The number of halogens is 1. The summed E-state index contributed by atoms with van der Waals surface area (Å²) in [5.41, 5.74) is 3.72. The summed E-state index contributed by atoms with van der Waals surface area (Å²) in [6.07, 6.45) is 3.28. The number of hydrogen-bond acceptors (Lipinski definition) is 4.